The van der Waals surface area contributed by atoms with Crippen molar-refractivity contribution in [2.24, 2.45) is 0 Å². The Morgan fingerprint density at radius 1 is 1.56 bits per heavy atom. The number of anilines is 1. The number of rotatable bonds is 4. The van der Waals surface area contributed by atoms with Crippen molar-refractivity contribution in [3.8, 4) is 12.3 Å². The van der Waals surface area contributed by atoms with E-state index in [9.17, 15) is 4.79 Å². The second-order valence-corrected chi connectivity index (χ2v) is 3.51. The second kappa shape index (κ2) is 5.12. The molecule has 84 valence electrons. The molecule has 0 saturated carbocycles. The molecule has 0 aliphatic rings. The van der Waals surface area contributed by atoms with E-state index >= 15 is 0 Å². The minimum absolute atomic E-state index is 0.0758. The zero-order valence-electron chi connectivity index (χ0n) is 9.21. The van der Waals surface area contributed by atoms with Gasteiger partial charge in [-0.15, -0.1) is 16.6 Å². The highest BCUT2D eigenvalue weighted by atomic mass is 16.4. The van der Waals surface area contributed by atoms with Gasteiger partial charge in [-0.2, -0.15) is 0 Å². The van der Waals surface area contributed by atoms with E-state index in [-0.39, 0.29) is 11.7 Å². The molecule has 16 heavy (non-hydrogen) atoms. The molecule has 5 heteroatoms. The molecule has 0 unspecified atom stereocenters. The van der Waals surface area contributed by atoms with Crippen molar-refractivity contribution >= 4 is 11.8 Å². The molecule has 0 fully saturated rings. The summed E-state index contributed by atoms with van der Waals surface area (Å²) >= 11 is 0. The lowest BCUT2D eigenvalue weighted by Gasteiger charge is -2.24. The van der Waals surface area contributed by atoms with Gasteiger partial charge in [-0.25, -0.2) is 4.79 Å². The summed E-state index contributed by atoms with van der Waals surface area (Å²) in [6, 6.07) is 3.20. The van der Waals surface area contributed by atoms with Gasteiger partial charge in [0, 0.05) is 6.04 Å². The predicted octanol–water partition coefficient (Wildman–Crippen LogP) is 1.02. The van der Waals surface area contributed by atoms with Gasteiger partial charge in [0.2, 0.25) is 0 Å². The third-order valence-electron chi connectivity index (χ3n) is 2.05. The smallest absolute Gasteiger partial charge is 0.356 e. The van der Waals surface area contributed by atoms with Gasteiger partial charge in [0.05, 0.1) is 6.54 Å². The summed E-state index contributed by atoms with van der Waals surface area (Å²) < 4.78 is 0. The fourth-order valence-electron chi connectivity index (χ4n) is 1.22. The van der Waals surface area contributed by atoms with Crippen LogP contribution in [-0.2, 0) is 0 Å². The monoisotopic (exact) mass is 219 g/mol. The van der Waals surface area contributed by atoms with E-state index in [2.05, 4.69) is 16.1 Å². The van der Waals surface area contributed by atoms with Crippen molar-refractivity contribution in [1.29, 1.82) is 0 Å². The standard InChI is InChI=1S/C11H13N3O2/c1-4-7-14(8(2)3)10-6-5-9(11(15)16)12-13-10/h1,5-6,8H,7H2,2-3H3,(H,15,16). The van der Waals surface area contributed by atoms with Gasteiger partial charge in [-0.1, -0.05) is 5.92 Å². The summed E-state index contributed by atoms with van der Waals surface area (Å²) in [7, 11) is 0. The van der Waals surface area contributed by atoms with Crippen LogP contribution in [0.25, 0.3) is 0 Å². The highest BCUT2D eigenvalue weighted by molar-refractivity contribution is 5.85. The Balaban J connectivity index is 2.95. The summed E-state index contributed by atoms with van der Waals surface area (Å²) in [5.74, 6) is 2.02. The van der Waals surface area contributed by atoms with Gasteiger partial charge < -0.3 is 10.0 Å². The molecule has 1 rings (SSSR count). The van der Waals surface area contributed by atoms with Crippen LogP contribution < -0.4 is 4.90 Å². The van der Waals surface area contributed by atoms with Gasteiger partial charge in [-0.3, -0.25) is 0 Å². The molecule has 0 aliphatic heterocycles. The third kappa shape index (κ3) is 2.70. The average molecular weight is 219 g/mol. The van der Waals surface area contributed by atoms with E-state index in [0.717, 1.165) is 0 Å². The van der Waals surface area contributed by atoms with Crippen molar-refractivity contribution in [2.45, 2.75) is 19.9 Å². The number of hydrogen-bond donors (Lipinski definition) is 1. The minimum atomic E-state index is -1.09. The van der Waals surface area contributed by atoms with Crippen LogP contribution in [0.1, 0.15) is 24.3 Å². The molecule has 0 amide bonds. The Labute approximate surface area is 94.1 Å². The molecule has 1 aromatic heterocycles. The van der Waals surface area contributed by atoms with Crippen molar-refractivity contribution in [3.05, 3.63) is 17.8 Å². The number of carboxylic acid groups (broad SMARTS) is 1. The summed E-state index contributed by atoms with van der Waals surface area (Å²) in [5, 5.41) is 16.1. The number of aromatic carboxylic acids is 1. The molecule has 0 aliphatic carbocycles. The molecule has 0 atom stereocenters. The molecular weight excluding hydrogens is 206 g/mol. The number of carboxylic acids is 1. The molecular formula is C11H13N3O2. The number of aromatic nitrogens is 2. The maximum absolute atomic E-state index is 10.6. The van der Waals surface area contributed by atoms with Crippen LogP contribution in [0.3, 0.4) is 0 Å². The SMILES string of the molecule is C#CCN(c1ccc(C(=O)O)nn1)C(C)C. The average Bonchev–Trinajstić information content (AvgIpc) is 2.25. The van der Waals surface area contributed by atoms with E-state index in [1.54, 1.807) is 6.07 Å². The van der Waals surface area contributed by atoms with Gasteiger partial charge >= 0.3 is 5.97 Å². The lowest BCUT2D eigenvalue weighted by atomic mass is 10.3. The highest BCUT2D eigenvalue weighted by Crippen LogP contribution is 2.12. The lowest BCUT2D eigenvalue weighted by molar-refractivity contribution is 0.0689. The summed E-state index contributed by atoms with van der Waals surface area (Å²) in [4.78, 5) is 12.5. The first kappa shape index (κ1) is 12.0. The number of nitrogens with zero attached hydrogens (tertiary/aromatic N) is 3. The molecule has 1 aromatic rings. The molecule has 1 N–H and O–H groups in total. The van der Waals surface area contributed by atoms with Crippen molar-refractivity contribution in [2.75, 3.05) is 11.4 Å². The van der Waals surface area contributed by atoms with Crippen molar-refractivity contribution < 1.29 is 9.90 Å². The number of carbonyl (C=O) groups is 1. The van der Waals surface area contributed by atoms with E-state index in [1.165, 1.54) is 6.07 Å². The van der Waals surface area contributed by atoms with Crippen LogP contribution in [0.15, 0.2) is 12.1 Å². The Morgan fingerprint density at radius 2 is 2.25 bits per heavy atom. The van der Waals surface area contributed by atoms with Crippen LogP contribution in [-0.4, -0.2) is 33.9 Å². The quantitative estimate of drug-likeness (QED) is 0.766. The minimum Gasteiger partial charge on any atom is -0.476 e. The first-order valence-corrected chi connectivity index (χ1v) is 4.83. The van der Waals surface area contributed by atoms with E-state index < -0.39 is 5.97 Å². The van der Waals surface area contributed by atoms with Crippen LogP contribution in [0.5, 0.6) is 0 Å². The Kier molecular flexibility index (Phi) is 3.84. The lowest BCUT2D eigenvalue weighted by Crippen LogP contribution is -2.32. The van der Waals surface area contributed by atoms with Crippen LogP contribution in [0.2, 0.25) is 0 Å². The maximum Gasteiger partial charge on any atom is 0.356 e. The molecule has 5 nitrogen and oxygen atoms in total. The zero-order chi connectivity index (χ0) is 12.1. The molecule has 0 saturated heterocycles. The van der Waals surface area contributed by atoms with Gasteiger partial charge in [-0.05, 0) is 26.0 Å². The molecule has 0 radical (unpaired) electrons. The largest absolute Gasteiger partial charge is 0.476 e. The van der Waals surface area contributed by atoms with E-state index in [4.69, 9.17) is 11.5 Å². The second-order valence-electron chi connectivity index (χ2n) is 3.51. The number of hydrogen-bond acceptors (Lipinski definition) is 4. The summed E-state index contributed by atoms with van der Waals surface area (Å²) in [6.07, 6.45) is 5.25. The Morgan fingerprint density at radius 3 is 2.62 bits per heavy atom. The summed E-state index contributed by atoms with van der Waals surface area (Å²) in [6.45, 7) is 4.37. The fourth-order valence-corrected chi connectivity index (χ4v) is 1.22. The predicted molar refractivity (Wildman–Crippen MR) is 60.3 cm³/mol. The molecule has 1 heterocycles. The zero-order valence-corrected chi connectivity index (χ0v) is 9.21. The molecule has 0 bridgehead atoms. The third-order valence-corrected chi connectivity index (χ3v) is 2.05. The van der Waals surface area contributed by atoms with E-state index in [0.29, 0.717) is 12.4 Å². The van der Waals surface area contributed by atoms with Crippen LogP contribution in [0, 0.1) is 12.3 Å². The Bertz CT molecular complexity index is 406. The van der Waals surface area contributed by atoms with Gasteiger partial charge in [0.25, 0.3) is 0 Å². The van der Waals surface area contributed by atoms with E-state index in [1.807, 2.05) is 18.7 Å². The van der Waals surface area contributed by atoms with Crippen molar-refractivity contribution in [1.82, 2.24) is 10.2 Å². The van der Waals surface area contributed by atoms with Crippen LogP contribution >= 0.6 is 0 Å². The highest BCUT2D eigenvalue weighted by Gasteiger charge is 2.12. The van der Waals surface area contributed by atoms with Crippen LogP contribution in [0.4, 0.5) is 5.82 Å². The molecule has 0 aromatic carbocycles. The molecule has 0 spiro atoms. The first-order valence-electron chi connectivity index (χ1n) is 4.83. The fraction of sp³-hybridized carbons (Fsp3) is 0.364. The summed E-state index contributed by atoms with van der Waals surface area (Å²) in [5.41, 5.74) is -0.0758. The van der Waals surface area contributed by atoms with Crippen molar-refractivity contribution in [3.63, 3.8) is 0 Å². The Hall–Kier alpha value is -2.09. The maximum atomic E-state index is 10.6. The topological polar surface area (TPSA) is 66.3 Å². The van der Waals surface area contributed by atoms with Gasteiger partial charge in [0.15, 0.2) is 11.5 Å². The first-order chi connectivity index (χ1) is 7.56. The number of terminal acetylenes is 1. The normalized spacial score (nSPS) is 9.88. The van der Waals surface area contributed by atoms with Gasteiger partial charge in [0.1, 0.15) is 0 Å².